The molecule has 4 heteroatoms. The third kappa shape index (κ3) is 4.15. The average molecular weight is 291 g/mol. The lowest BCUT2D eigenvalue weighted by Gasteiger charge is -2.11. The van der Waals surface area contributed by atoms with Crippen molar-refractivity contribution in [2.45, 2.75) is 6.54 Å². The molecule has 0 radical (unpaired) electrons. The van der Waals surface area contributed by atoms with Gasteiger partial charge in [0.05, 0.1) is 12.8 Å². The SMILES string of the molecule is COc1ccccc1NCCNCc1ccccc1Cl. The summed E-state index contributed by atoms with van der Waals surface area (Å²) in [7, 11) is 1.68. The fourth-order valence-corrected chi connectivity index (χ4v) is 2.14. The van der Waals surface area contributed by atoms with Crippen LogP contribution in [0.15, 0.2) is 48.5 Å². The first-order chi connectivity index (χ1) is 9.81. The zero-order valence-corrected chi connectivity index (χ0v) is 12.3. The summed E-state index contributed by atoms with van der Waals surface area (Å²) in [5, 5.41) is 7.51. The fourth-order valence-electron chi connectivity index (χ4n) is 1.94. The van der Waals surface area contributed by atoms with Gasteiger partial charge in [0.25, 0.3) is 0 Å². The minimum atomic E-state index is 0.771. The van der Waals surface area contributed by atoms with Crippen LogP contribution in [0.2, 0.25) is 5.02 Å². The largest absolute Gasteiger partial charge is 0.495 e. The topological polar surface area (TPSA) is 33.3 Å². The Kier molecular flexibility index (Phi) is 5.71. The number of nitrogens with one attached hydrogen (secondary N) is 2. The van der Waals surface area contributed by atoms with Gasteiger partial charge in [-0.3, -0.25) is 0 Å². The average Bonchev–Trinajstić information content (AvgIpc) is 2.49. The van der Waals surface area contributed by atoms with Crippen LogP contribution in [-0.4, -0.2) is 20.2 Å². The van der Waals surface area contributed by atoms with E-state index in [-0.39, 0.29) is 0 Å². The molecular formula is C16H19ClN2O. The summed E-state index contributed by atoms with van der Waals surface area (Å²) in [6.45, 7) is 2.45. The van der Waals surface area contributed by atoms with E-state index in [1.54, 1.807) is 7.11 Å². The molecule has 106 valence electrons. The van der Waals surface area contributed by atoms with Crippen LogP contribution < -0.4 is 15.4 Å². The van der Waals surface area contributed by atoms with E-state index < -0.39 is 0 Å². The van der Waals surface area contributed by atoms with Crippen LogP contribution in [0.3, 0.4) is 0 Å². The molecule has 0 fully saturated rings. The van der Waals surface area contributed by atoms with Crippen molar-refractivity contribution in [1.29, 1.82) is 0 Å². The Labute approximate surface area is 124 Å². The second-order valence-electron chi connectivity index (χ2n) is 4.40. The lowest BCUT2D eigenvalue weighted by Crippen LogP contribution is -2.22. The van der Waals surface area contributed by atoms with Gasteiger partial charge >= 0.3 is 0 Å². The predicted octanol–water partition coefficient (Wildman–Crippen LogP) is 3.55. The maximum Gasteiger partial charge on any atom is 0.141 e. The van der Waals surface area contributed by atoms with Gasteiger partial charge in [-0.05, 0) is 23.8 Å². The molecule has 0 saturated carbocycles. The molecule has 0 spiro atoms. The molecule has 2 aromatic carbocycles. The van der Waals surface area contributed by atoms with E-state index in [1.807, 2.05) is 48.5 Å². The van der Waals surface area contributed by atoms with E-state index >= 15 is 0 Å². The molecule has 2 aromatic rings. The molecule has 0 bridgehead atoms. The molecule has 0 aliphatic rings. The van der Waals surface area contributed by atoms with E-state index in [9.17, 15) is 0 Å². The van der Waals surface area contributed by atoms with Crippen LogP contribution in [0.1, 0.15) is 5.56 Å². The number of hydrogen-bond donors (Lipinski definition) is 2. The van der Waals surface area contributed by atoms with Crippen LogP contribution in [0.25, 0.3) is 0 Å². The molecule has 3 nitrogen and oxygen atoms in total. The summed E-state index contributed by atoms with van der Waals surface area (Å²) in [6, 6.07) is 15.8. The van der Waals surface area contributed by atoms with Gasteiger partial charge in [-0.1, -0.05) is 41.9 Å². The number of anilines is 1. The van der Waals surface area contributed by atoms with E-state index in [0.29, 0.717) is 0 Å². The third-order valence-electron chi connectivity index (χ3n) is 3.00. The Hall–Kier alpha value is -1.71. The highest BCUT2D eigenvalue weighted by atomic mass is 35.5. The summed E-state index contributed by atoms with van der Waals surface area (Å²) in [5.41, 5.74) is 2.13. The maximum atomic E-state index is 6.10. The molecule has 0 aliphatic heterocycles. The van der Waals surface area contributed by atoms with Crippen LogP contribution in [0.4, 0.5) is 5.69 Å². The summed E-state index contributed by atoms with van der Waals surface area (Å²) in [4.78, 5) is 0. The Morgan fingerprint density at radius 2 is 1.75 bits per heavy atom. The number of rotatable bonds is 7. The molecule has 0 atom stereocenters. The van der Waals surface area contributed by atoms with Gasteiger partial charge in [-0.15, -0.1) is 0 Å². The minimum Gasteiger partial charge on any atom is -0.495 e. The first-order valence-corrected chi connectivity index (χ1v) is 7.00. The number of methoxy groups -OCH3 is 1. The molecule has 0 aromatic heterocycles. The molecule has 20 heavy (non-hydrogen) atoms. The van der Waals surface area contributed by atoms with Crippen LogP contribution in [-0.2, 0) is 6.54 Å². The highest BCUT2D eigenvalue weighted by molar-refractivity contribution is 6.31. The molecule has 0 unspecified atom stereocenters. The second kappa shape index (κ2) is 7.78. The first-order valence-electron chi connectivity index (χ1n) is 6.62. The second-order valence-corrected chi connectivity index (χ2v) is 4.80. The van der Waals surface area contributed by atoms with E-state index in [1.165, 1.54) is 0 Å². The lowest BCUT2D eigenvalue weighted by atomic mass is 10.2. The first kappa shape index (κ1) is 14.7. The molecule has 2 N–H and O–H groups in total. The fraction of sp³-hybridized carbons (Fsp3) is 0.250. The predicted molar refractivity (Wildman–Crippen MR) is 84.6 cm³/mol. The third-order valence-corrected chi connectivity index (χ3v) is 3.37. The van der Waals surface area contributed by atoms with Crippen molar-refractivity contribution in [2.24, 2.45) is 0 Å². The van der Waals surface area contributed by atoms with Crippen molar-refractivity contribution in [2.75, 3.05) is 25.5 Å². The monoisotopic (exact) mass is 290 g/mol. The Morgan fingerprint density at radius 1 is 1.00 bits per heavy atom. The van der Waals surface area contributed by atoms with E-state index in [4.69, 9.17) is 16.3 Å². The molecule has 0 amide bonds. The van der Waals surface area contributed by atoms with Gasteiger partial charge in [-0.2, -0.15) is 0 Å². The van der Waals surface area contributed by atoms with Crippen molar-refractivity contribution in [3.63, 3.8) is 0 Å². The summed E-state index contributed by atoms with van der Waals surface area (Å²) < 4.78 is 5.29. The van der Waals surface area contributed by atoms with E-state index in [0.717, 1.165) is 41.7 Å². The van der Waals surface area contributed by atoms with Gasteiger partial charge in [-0.25, -0.2) is 0 Å². The number of benzene rings is 2. The van der Waals surface area contributed by atoms with Crippen LogP contribution in [0.5, 0.6) is 5.75 Å². The molecule has 2 rings (SSSR count). The normalized spacial score (nSPS) is 10.3. The molecule has 0 heterocycles. The minimum absolute atomic E-state index is 0.771. The Bertz CT molecular complexity index is 546. The van der Waals surface area contributed by atoms with Crippen molar-refractivity contribution >= 4 is 17.3 Å². The van der Waals surface area contributed by atoms with Crippen molar-refractivity contribution in [3.8, 4) is 5.75 Å². The van der Waals surface area contributed by atoms with Gasteiger partial charge in [0.1, 0.15) is 5.75 Å². The number of para-hydroxylation sites is 2. The number of ether oxygens (including phenoxy) is 1. The van der Waals surface area contributed by atoms with Crippen LogP contribution >= 0.6 is 11.6 Å². The Morgan fingerprint density at radius 3 is 2.55 bits per heavy atom. The summed E-state index contributed by atoms with van der Waals surface area (Å²) >= 11 is 6.10. The standard InChI is InChI=1S/C16H19ClN2O/c1-20-16-9-5-4-8-15(16)19-11-10-18-12-13-6-2-3-7-14(13)17/h2-9,18-19H,10-12H2,1H3. The zero-order valence-electron chi connectivity index (χ0n) is 11.5. The molecule has 0 aliphatic carbocycles. The smallest absolute Gasteiger partial charge is 0.141 e. The zero-order chi connectivity index (χ0) is 14.2. The summed E-state index contributed by atoms with van der Waals surface area (Å²) in [6.07, 6.45) is 0. The highest BCUT2D eigenvalue weighted by Crippen LogP contribution is 2.22. The van der Waals surface area contributed by atoms with Gasteiger partial charge in [0, 0.05) is 24.7 Å². The van der Waals surface area contributed by atoms with Gasteiger partial charge < -0.3 is 15.4 Å². The molecule has 0 saturated heterocycles. The van der Waals surface area contributed by atoms with Crippen LogP contribution in [0, 0.1) is 0 Å². The van der Waals surface area contributed by atoms with Gasteiger partial charge in [0.15, 0.2) is 0 Å². The molecular weight excluding hydrogens is 272 g/mol. The lowest BCUT2D eigenvalue weighted by molar-refractivity contribution is 0.416. The maximum absolute atomic E-state index is 6.10. The van der Waals surface area contributed by atoms with Crippen molar-refractivity contribution in [1.82, 2.24) is 5.32 Å². The number of hydrogen-bond acceptors (Lipinski definition) is 3. The van der Waals surface area contributed by atoms with Crippen molar-refractivity contribution in [3.05, 3.63) is 59.1 Å². The summed E-state index contributed by atoms with van der Waals surface area (Å²) in [5.74, 6) is 0.860. The number of halogens is 1. The van der Waals surface area contributed by atoms with Crippen molar-refractivity contribution < 1.29 is 4.74 Å². The van der Waals surface area contributed by atoms with E-state index in [2.05, 4.69) is 10.6 Å². The Balaban J connectivity index is 1.73. The van der Waals surface area contributed by atoms with Gasteiger partial charge in [0.2, 0.25) is 0 Å². The highest BCUT2D eigenvalue weighted by Gasteiger charge is 2.00. The quantitative estimate of drug-likeness (QED) is 0.765.